The SMILES string of the molecule is CCc1nn(-c2ccccc2)c(Oc2ccc(F)cc2)c1CN(CC(O)COC(C)(C)C)C(C)C. The summed E-state index contributed by atoms with van der Waals surface area (Å²) in [5, 5.41) is 15.6. The molecular formula is C28H38FN3O3. The van der Waals surface area contributed by atoms with Crippen molar-refractivity contribution in [1.29, 1.82) is 0 Å². The third-order valence-electron chi connectivity index (χ3n) is 5.63. The van der Waals surface area contributed by atoms with Crippen LogP contribution in [0.3, 0.4) is 0 Å². The lowest BCUT2D eigenvalue weighted by Crippen LogP contribution is -2.40. The van der Waals surface area contributed by atoms with Crippen LogP contribution in [0.4, 0.5) is 4.39 Å². The van der Waals surface area contributed by atoms with Crippen LogP contribution in [-0.4, -0.2) is 50.7 Å². The van der Waals surface area contributed by atoms with Gasteiger partial charge in [0.1, 0.15) is 11.6 Å². The number of aliphatic hydroxyl groups is 1. The first-order valence-corrected chi connectivity index (χ1v) is 12.2. The van der Waals surface area contributed by atoms with Gasteiger partial charge in [-0.15, -0.1) is 0 Å². The number of ether oxygens (including phenoxy) is 2. The van der Waals surface area contributed by atoms with Crippen molar-refractivity contribution in [3.05, 3.63) is 71.7 Å². The van der Waals surface area contributed by atoms with E-state index >= 15 is 0 Å². The summed E-state index contributed by atoms with van der Waals surface area (Å²) in [7, 11) is 0. The fourth-order valence-corrected chi connectivity index (χ4v) is 3.71. The van der Waals surface area contributed by atoms with Crippen LogP contribution >= 0.6 is 0 Å². The molecule has 6 nitrogen and oxygen atoms in total. The zero-order valence-electron chi connectivity index (χ0n) is 21.7. The molecule has 2 aromatic carbocycles. The van der Waals surface area contributed by atoms with Gasteiger partial charge in [0, 0.05) is 19.1 Å². The Kier molecular flexibility index (Phi) is 9.05. The van der Waals surface area contributed by atoms with Crippen molar-refractivity contribution in [3.8, 4) is 17.3 Å². The minimum Gasteiger partial charge on any atom is -0.439 e. The monoisotopic (exact) mass is 483 g/mol. The summed E-state index contributed by atoms with van der Waals surface area (Å²) in [5.74, 6) is 0.800. The second-order valence-electron chi connectivity index (χ2n) is 9.99. The molecule has 3 aromatic rings. The van der Waals surface area contributed by atoms with Crippen molar-refractivity contribution in [1.82, 2.24) is 14.7 Å². The molecule has 0 aliphatic heterocycles. The Labute approximate surface area is 208 Å². The summed E-state index contributed by atoms with van der Waals surface area (Å²) < 4.78 is 27.4. The second-order valence-corrected chi connectivity index (χ2v) is 9.99. The molecule has 7 heteroatoms. The number of rotatable bonds is 11. The predicted molar refractivity (Wildman–Crippen MR) is 137 cm³/mol. The van der Waals surface area contributed by atoms with Gasteiger partial charge in [0.25, 0.3) is 0 Å². The van der Waals surface area contributed by atoms with Gasteiger partial charge in [-0.2, -0.15) is 5.10 Å². The van der Waals surface area contributed by atoms with Crippen LogP contribution in [-0.2, 0) is 17.7 Å². The predicted octanol–water partition coefficient (Wildman–Crippen LogP) is 5.75. The van der Waals surface area contributed by atoms with E-state index in [2.05, 4.69) is 25.7 Å². The molecule has 1 heterocycles. The summed E-state index contributed by atoms with van der Waals surface area (Å²) in [6.07, 6.45) is 0.0867. The Bertz CT molecular complexity index is 1060. The highest BCUT2D eigenvalue weighted by Crippen LogP contribution is 2.32. The topological polar surface area (TPSA) is 59.8 Å². The van der Waals surface area contributed by atoms with Crippen molar-refractivity contribution in [2.75, 3.05) is 13.2 Å². The van der Waals surface area contributed by atoms with E-state index in [9.17, 15) is 9.50 Å². The Hall–Kier alpha value is -2.74. The lowest BCUT2D eigenvalue weighted by Gasteiger charge is -2.30. The highest BCUT2D eigenvalue weighted by atomic mass is 19.1. The van der Waals surface area contributed by atoms with Gasteiger partial charge >= 0.3 is 0 Å². The number of hydrogen-bond acceptors (Lipinski definition) is 5. The lowest BCUT2D eigenvalue weighted by atomic mass is 10.1. The first kappa shape index (κ1) is 26.9. The summed E-state index contributed by atoms with van der Waals surface area (Å²) in [4.78, 5) is 2.19. The van der Waals surface area contributed by atoms with Gasteiger partial charge < -0.3 is 14.6 Å². The number of hydrogen-bond donors (Lipinski definition) is 1. The van der Waals surface area contributed by atoms with E-state index in [4.69, 9.17) is 14.6 Å². The van der Waals surface area contributed by atoms with E-state index < -0.39 is 6.10 Å². The molecule has 0 bridgehead atoms. The molecule has 0 aliphatic rings. The maximum Gasteiger partial charge on any atom is 0.227 e. The molecule has 3 rings (SSSR count). The average Bonchev–Trinajstić information content (AvgIpc) is 3.15. The number of para-hydroxylation sites is 1. The minimum absolute atomic E-state index is 0.169. The van der Waals surface area contributed by atoms with Crippen LogP contribution in [0.1, 0.15) is 52.8 Å². The number of aromatic nitrogens is 2. The second kappa shape index (κ2) is 11.8. The van der Waals surface area contributed by atoms with E-state index in [0.717, 1.165) is 23.4 Å². The van der Waals surface area contributed by atoms with E-state index in [1.54, 1.807) is 16.8 Å². The molecular weight excluding hydrogens is 445 g/mol. The van der Waals surface area contributed by atoms with Gasteiger partial charge in [-0.05, 0) is 77.4 Å². The van der Waals surface area contributed by atoms with E-state index in [0.29, 0.717) is 24.7 Å². The molecule has 0 amide bonds. The first-order valence-electron chi connectivity index (χ1n) is 12.2. The molecule has 1 atom stereocenters. The number of aryl methyl sites for hydroxylation is 1. The average molecular weight is 484 g/mol. The van der Waals surface area contributed by atoms with Crippen LogP contribution in [0.5, 0.6) is 11.6 Å². The zero-order chi connectivity index (χ0) is 25.6. The molecule has 0 saturated carbocycles. The van der Waals surface area contributed by atoms with Crippen LogP contribution in [0.25, 0.3) is 5.69 Å². The van der Waals surface area contributed by atoms with Crippen LogP contribution in [0, 0.1) is 5.82 Å². The molecule has 1 N–H and O–H groups in total. The van der Waals surface area contributed by atoms with E-state index in [1.807, 2.05) is 51.1 Å². The molecule has 0 fully saturated rings. The van der Waals surface area contributed by atoms with Gasteiger partial charge in [-0.3, -0.25) is 4.90 Å². The summed E-state index contributed by atoms with van der Waals surface area (Å²) >= 11 is 0. The third kappa shape index (κ3) is 7.62. The molecule has 1 aromatic heterocycles. The first-order chi connectivity index (χ1) is 16.6. The standard InChI is InChI=1S/C28H38FN3O3/c1-7-26-25(18-31(20(2)3)17-23(33)19-34-28(4,5)6)27(35-24-15-13-21(29)14-16-24)32(30-26)22-11-9-8-10-12-22/h8-16,20,23,33H,7,17-19H2,1-6H3. The van der Waals surface area contributed by atoms with Crippen molar-refractivity contribution >= 4 is 0 Å². The van der Waals surface area contributed by atoms with Crippen LogP contribution in [0.15, 0.2) is 54.6 Å². The number of nitrogens with zero attached hydrogens (tertiary/aromatic N) is 3. The molecule has 1 unspecified atom stereocenters. The summed E-state index contributed by atoms with van der Waals surface area (Å²) in [5.41, 5.74) is 2.42. The van der Waals surface area contributed by atoms with Crippen LogP contribution in [0.2, 0.25) is 0 Å². The van der Waals surface area contributed by atoms with Gasteiger partial charge in [0.05, 0.1) is 35.3 Å². The molecule has 0 spiro atoms. The van der Waals surface area contributed by atoms with Crippen LogP contribution < -0.4 is 4.74 Å². The lowest BCUT2D eigenvalue weighted by molar-refractivity contribution is -0.0587. The van der Waals surface area contributed by atoms with Gasteiger partial charge in [0.2, 0.25) is 5.88 Å². The highest BCUT2D eigenvalue weighted by Gasteiger charge is 2.25. The van der Waals surface area contributed by atoms with Gasteiger partial charge in [0.15, 0.2) is 0 Å². The number of aliphatic hydroxyl groups excluding tert-OH is 1. The highest BCUT2D eigenvalue weighted by molar-refractivity contribution is 5.43. The Morgan fingerprint density at radius 1 is 1.06 bits per heavy atom. The molecule has 190 valence electrons. The zero-order valence-corrected chi connectivity index (χ0v) is 21.7. The maximum atomic E-state index is 13.5. The molecule has 0 saturated heterocycles. The quantitative estimate of drug-likeness (QED) is 0.376. The fraction of sp³-hybridized carbons (Fsp3) is 0.464. The fourth-order valence-electron chi connectivity index (χ4n) is 3.71. The summed E-state index contributed by atoms with van der Waals surface area (Å²) in [6, 6.07) is 16.0. The number of benzene rings is 2. The van der Waals surface area contributed by atoms with Crippen molar-refractivity contribution in [3.63, 3.8) is 0 Å². The van der Waals surface area contributed by atoms with E-state index in [1.165, 1.54) is 12.1 Å². The molecule has 35 heavy (non-hydrogen) atoms. The molecule has 0 radical (unpaired) electrons. The van der Waals surface area contributed by atoms with Gasteiger partial charge in [-0.25, -0.2) is 9.07 Å². The Balaban J connectivity index is 1.96. The van der Waals surface area contributed by atoms with Crippen molar-refractivity contribution < 1.29 is 19.0 Å². The maximum absolute atomic E-state index is 13.5. The molecule has 0 aliphatic carbocycles. The largest absolute Gasteiger partial charge is 0.439 e. The normalized spacial score (nSPS) is 13.0. The summed E-state index contributed by atoms with van der Waals surface area (Å²) in [6.45, 7) is 13.4. The van der Waals surface area contributed by atoms with Gasteiger partial charge in [-0.1, -0.05) is 25.1 Å². The minimum atomic E-state index is -0.632. The van der Waals surface area contributed by atoms with Crippen molar-refractivity contribution in [2.45, 2.75) is 72.3 Å². The smallest absolute Gasteiger partial charge is 0.227 e. The Morgan fingerprint density at radius 3 is 2.29 bits per heavy atom. The third-order valence-corrected chi connectivity index (χ3v) is 5.63. The van der Waals surface area contributed by atoms with E-state index in [-0.39, 0.29) is 24.1 Å². The van der Waals surface area contributed by atoms with Crippen molar-refractivity contribution in [2.24, 2.45) is 0 Å². The number of halogens is 1. The Morgan fingerprint density at radius 2 is 1.71 bits per heavy atom.